The zero-order valence-electron chi connectivity index (χ0n) is 10.8. The average molecular weight is 282 g/mol. The number of nitrogens with zero attached hydrogens (tertiary/aromatic N) is 3. The Morgan fingerprint density at radius 2 is 2.16 bits per heavy atom. The van der Waals surface area contributed by atoms with Crippen LogP contribution in [0.1, 0.15) is 10.6 Å². The number of carbonyl (C=O) groups is 1. The molecule has 19 heavy (non-hydrogen) atoms. The molecule has 1 heterocycles. The van der Waals surface area contributed by atoms with E-state index in [9.17, 15) is 9.18 Å². The highest BCUT2D eigenvalue weighted by molar-refractivity contribution is 6.31. The number of ketones is 1. The van der Waals surface area contributed by atoms with E-state index >= 15 is 0 Å². The molecule has 100 valence electrons. The van der Waals surface area contributed by atoms with E-state index < -0.39 is 5.82 Å². The van der Waals surface area contributed by atoms with E-state index in [1.54, 1.807) is 32.2 Å². The lowest BCUT2D eigenvalue weighted by Crippen LogP contribution is -2.07. The largest absolute Gasteiger partial charge is 0.383 e. The lowest BCUT2D eigenvalue weighted by molar-refractivity contribution is 0.103. The summed E-state index contributed by atoms with van der Waals surface area (Å²) in [5, 5.41) is 0.255. The highest BCUT2D eigenvalue weighted by Crippen LogP contribution is 2.23. The molecule has 4 nitrogen and oxygen atoms in total. The maximum atomic E-state index is 13.8. The molecule has 0 unspecified atom stereocenters. The fraction of sp³-hybridized carbons (Fsp3) is 0.231. The quantitative estimate of drug-likeness (QED) is 0.641. The smallest absolute Gasteiger partial charge is 0.222 e. The third-order valence-corrected chi connectivity index (χ3v) is 2.85. The van der Waals surface area contributed by atoms with Crippen LogP contribution in [0.4, 0.5) is 4.39 Å². The topological polar surface area (TPSA) is 38.1 Å². The van der Waals surface area contributed by atoms with Crippen LogP contribution in [0.2, 0.25) is 5.02 Å². The van der Waals surface area contributed by atoms with Crippen molar-refractivity contribution in [2.24, 2.45) is 7.05 Å². The molecular formula is C13H13ClFN3O. The summed E-state index contributed by atoms with van der Waals surface area (Å²) < 4.78 is 15.2. The Labute approximate surface area is 115 Å². The van der Waals surface area contributed by atoms with Gasteiger partial charge in [-0.25, -0.2) is 9.37 Å². The summed E-state index contributed by atoms with van der Waals surface area (Å²) in [6.45, 7) is 0. The zero-order valence-corrected chi connectivity index (χ0v) is 11.6. The summed E-state index contributed by atoms with van der Waals surface area (Å²) in [5.41, 5.74) is 0.639. The van der Waals surface area contributed by atoms with Crippen molar-refractivity contribution in [3.8, 4) is 0 Å². The lowest BCUT2D eigenvalue weighted by Gasteiger charge is -2.03. The Bertz CT molecular complexity index is 676. The maximum Gasteiger partial charge on any atom is 0.222 e. The van der Waals surface area contributed by atoms with Crippen LogP contribution < -0.4 is 0 Å². The van der Waals surface area contributed by atoms with Gasteiger partial charge in [0.15, 0.2) is 11.6 Å². The Balaban J connectivity index is 2.54. The number of aromatic nitrogens is 2. The monoisotopic (exact) mass is 281 g/mol. The molecule has 0 aliphatic rings. The number of allylic oxidation sites excluding steroid dienone is 1. The van der Waals surface area contributed by atoms with E-state index in [1.165, 1.54) is 22.8 Å². The van der Waals surface area contributed by atoms with Gasteiger partial charge in [-0.3, -0.25) is 4.79 Å². The molecule has 1 aromatic carbocycles. The van der Waals surface area contributed by atoms with Crippen LogP contribution in [0.3, 0.4) is 0 Å². The van der Waals surface area contributed by atoms with Gasteiger partial charge in [-0.2, -0.15) is 0 Å². The summed E-state index contributed by atoms with van der Waals surface area (Å²) in [6, 6.07) is 2.74. The van der Waals surface area contributed by atoms with Crippen molar-refractivity contribution in [3.05, 3.63) is 41.1 Å². The highest BCUT2D eigenvalue weighted by atomic mass is 35.5. The van der Waals surface area contributed by atoms with Crippen molar-refractivity contribution >= 4 is 28.4 Å². The molecule has 0 fully saturated rings. The number of halogens is 2. The predicted molar refractivity (Wildman–Crippen MR) is 72.8 cm³/mol. The second kappa shape index (κ2) is 5.01. The Kier molecular flexibility index (Phi) is 3.57. The van der Waals surface area contributed by atoms with Gasteiger partial charge in [0.2, 0.25) is 5.78 Å². The van der Waals surface area contributed by atoms with Gasteiger partial charge in [0.25, 0.3) is 0 Å². The molecule has 0 aliphatic heterocycles. The fourth-order valence-electron chi connectivity index (χ4n) is 1.78. The van der Waals surface area contributed by atoms with Crippen molar-refractivity contribution in [1.29, 1.82) is 0 Å². The first-order chi connectivity index (χ1) is 8.90. The van der Waals surface area contributed by atoms with Crippen molar-refractivity contribution in [2.75, 3.05) is 14.1 Å². The van der Waals surface area contributed by atoms with E-state index in [-0.39, 0.29) is 22.1 Å². The van der Waals surface area contributed by atoms with Gasteiger partial charge in [-0.1, -0.05) is 11.6 Å². The molecule has 0 saturated carbocycles. The highest BCUT2D eigenvalue weighted by Gasteiger charge is 2.16. The minimum atomic E-state index is -0.492. The normalized spacial score (nSPS) is 11.4. The fourth-order valence-corrected chi connectivity index (χ4v) is 1.98. The summed E-state index contributed by atoms with van der Waals surface area (Å²) >= 11 is 5.77. The Morgan fingerprint density at radius 3 is 2.79 bits per heavy atom. The zero-order chi connectivity index (χ0) is 14.2. The standard InChI is InChI=1S/C13H13ClFN3O/c1-17(2)5-4-11(19)13-16-10-7-8(14)6-9(15)12(10)18(13)3/h4-7H,1-3H3/b5-4+. The van der Waals surface area contributed by atoms with Gasteiger partial charge in [-0.05, 0) is 12.1 Å². The number of rotatable bonds is 3. The minimum Gasteiger partial charge on any atom is -0.383 e. The summed E-state index contributed by atoms with van der Waals surface area (Å²) in [5.74, 6) is -0.606. The molecule has 0 aliphatic carbocycles. The first kappa shape index (κ1) is 13.5. The van der Waals surface area contributed by atoms with Crippen molar-refractivity contribution in [2.45, 2.75) is 0 Å². The van der Waals surface area contributed by atoms with E-state index in [1.807, 2.05) is 0 Å². The lowest BCUT2D eigenvalue weighted by atomic mass is 10.3. The molecule has 0 radical (unpaired) electrons. The minimum absolute atomic E-state index is 0.175. The number of fused-ring (bicyclic) bond motifs is 1. The van der Waals surface area contributed by atoms with Gasteiger partial charge < -0.3 is 9.47 Å². The summed E-state index contributed by atoms with van der Waals surface area (Å²) in [4.78, 5) is 17.8. The molecule has 2 aromatic rings. The van der Waals surface area contributed by atoms with Crippen molar-refractivity contribution in [3.63, 3.8) is 0 Å². The van der Waals surface area contributed by atoms with E-state index in [0.717, 1.165) is 0 Å². The van der Waals surface area contributed by atoms with Crippen molar-refractivity contribution < 1.29 is 9.18 Å². The molecular weight excluding hydrogens is 269 g/mol. The third kappa shape index (κ3) is 2.61. The number of hydrogen-bond acceptors (Lipinski definition) is 3. The Hall–Kier alpha value is -1.88. The molecule has 0 amide bonds. The van der Waals surface area contributed by atoms with Gasteiger partial charge >= 0.3 is 0 Å². The number of benzene rings is 1. The second-order valence-corrected chi connectivity index (χ2v) is 4.83. The molecule has 0 N–H and O–H groups in total. The van der Waals surface area contributed by atoms with Gasteiger partial charge in [0.1, 0.15) is 5.52 Å². The Morgan fingerprint density at radius 1 is 1.47 bits per heavy atom. The van der Waals surface area contributed by atoms with Gasteiger partial charge in [0, 0.05) is 38.4 Å². The molecule has 0 saturated heterocycles. The van der Waals surface area contributed by atoms with Crippen LogP contribution >= 0.6 is 11.6 Å². The summed E-state index contributed by atoms with van der Waals surface area (Å²) in [7, 11) is 5.21. The van der Waals surface area contributed by atoms with Gasteiger partial charge in [-0.15, -0.1) is 0 Å². The van der Waals surface area contributed by atoms with Crippen LogP contribution in [-0.4, -0.2) is 34.3 Å². The van der Waals surface area contributed by atoms with E-state index in [4.69, 9.17) is 11.6 Å². The number of hydrogen-bond donors (Lipinski definition) is 0. The first-order valence-corrected chi connectivity index (χ1v) is 5.98. The molecule has 2 rings (SSSR count). The molecule has 0 spiro atoms. The molecule has 6 heteroatoms. The first-order valence-electron chi connectivity index (χ1n) is 5.60. The maximum absolute atomic E-state index is 13.8. The van der Waals surface area contributed by atoms with Crippen LogP contribution in [0.15, 0.2) is 24.4 Å². The second-order valence-electron chi connectivity index (χ2n) is 4.39. The van der Waals surface area contributed by atoms with Gasteiger partial charge in [0.05, 0.1) is 5.52 Å². The third-order valence-electron chi connectivity index (χ3n) is 2.63. The van der Waals surface area contributed by atoms with E-state index in [0.29, 0.717) is 5.52 Å². The average Bonchev–Trinajstić information content (AvgIpc) is 2.63. The van der Waals surface area contributed by atoms with Crippen LogP contribution in [0, 0.1) is 5.82 Å². The van der Waals surface area contributed by atoms with Crippen molar-refractivity contribution in [1.82, 2.24) is 14.5 Å². The predicted octanol–water partition coefficient (Wildman–Crippen LogP) is 2.62. The molecule has 0 bridgehead atoms. The molecule has 1 aromatic heterocycles. The number of aryl methyl sites for hydroxylation is 1. The van der Waals surface area contributed by atoms with Crippen LogP contribution in [0.5, 0.6) is 0 Å². The number of imidazole rings is 1. The SMILES string of the molecule is CN(C)/C=C/C(=O)c1nc2cc(Cl)cc(F)c2n1C. The van der Waals surface area contributed by atoms with Crippen LogP contribution in [-0.2, 0) is 7.05 Å². The summed E-state index contributed by atoms with van der Waals surface area (Å²) in [6.07, 6.45) is 3.01. The number of carbonyl (C=O) groups excluding carboxylic acids is 1. The van der Waals surface area contributed by atoms with E-state index in [2.05, 4.69) is 4.98 Å². The molecule has 0 atom stereocenters. The van der Waals surface area contributed by atoms with Crippen LogP contribution in [0.25, 0.3) is 11.0 Å².